The highest BCUT2D eigenvalue weighted by molar-refractivity contribution is 7.89. The van der Waals surface area contributed by atoms with Crippen LogP contribution in [0, 0.1) is 6.92 Å². The van der Waals surface area contributed by atoms with Gasteiger partial charge in [-0.1, -0.05) is 6.92 Å². The number of hydrogen-bond donors (Lipinski definition) is 1. The molecule has 0 amide bonds. The maximum Gasteiger partial charge on any atom is 0.211 e. The minimum Gasteiger partial charge on any atom is -0.212 e. The Balaban J connectivity index is 2.54. The topological polar surface area (TPSA) is 72.0 Å². The van der Waals surface area contributed by atoms with Crippen LogP contribution in [-0.2, 0) is 16.6 Å². The van der Waals surface area contributed by atoms with E-state index < -0.39 is 10.0 Å². The first-order chi connectivity index (χ1) is 7.03. The van der Waals surface area contributed by atoms with Crippen LogP contribution in [0.25, 0.3) is 0 Å². The van der Waals surface area contributed by atoms with Gasteiger partial charge in [-0.15, -0.1) is 0 Å². The molecular formula is C9H15N3O2S. The lowest BCUT2D eigenvalue weighted by atomic mass is 10.3. The molecule has 0 atom stereocenters. The molecular weight excluding hydrogens is 214 g/mol. The van der Waals surface area contributed by atoms with Crippen molar-refractivity contribution in [3.63, 3.8) is 0 Å². The summed E-state index contributed by atoms with van der Waals surface area (Å²) in [4.78, 5) is 0. The number of hydrogen-bond acceptors (Lipinski definition) is 4. The Labute approximate surface area is 90.0 Å². The Morgan fingerprint density at radius 1 is 1.33 bits per heavy atom. The van der Waals surface area contributed by atoms with Gasteiger partial charge in [0.1, 0.15) is 0 Å². The van der Waals surface area contributed by atoms with E-state index in [1.54, 1.807) is 12.1 Å². The van der Waals surface area contributed by atoms with Crippen LogP contribution in [0.4, 0.5) is 0 Å². The summed E-state index contributed by atoms with van der Waals surface area (Å²) in [5, 5.41) is 7.71. The van der Waals surface area contributed by atoms with Crippen LogP contribution in [-0.4, -0.2) is 24.4 Å². The average Bonchev–Trinajstić information content (AvgIpc) is 2.17. The molecule has 0 saturated carbocycles. The zero-order chi connectivity index (χ0) is 11.3. The van der Waals surface area contributed by atoms with E-state index in [1.165, 1.54) is 0 Å². The second-order valence-corrected chi connectivity index (χ2v) is 5.23. The van der Waals surface area contributed by atoms with Gasteiger partial charge in [0.2, 0.25) is 10.0 Å². The van der Waals surface area contributed by atoms with Crippen LogP contribution in [0.3, 0.4) is 0 Å². The molecule has 0 saturated heterocycles. The Morgan fingerprint density at radius 3 is 2.60 bits per heavy atom. The van der Waals surface area contributed by atoms with Crippen molar-refractivity contribution in [3.05, 3.63) is 23.5 Å². The van der Waals surface area contributed by atoms with E-state index in [1.807, 2.05) is 13.8 Å². The molecule has 1 N–H and O–H groups in total. The van der Waals surface area contributed by atoms with Gasteiger partial charge in [0, 0.05) is 0 Å². The molecule has 0 unspecified atom stereocenters. The third-order valence-corrected chi connectivity index (χ3v) is 3.33. The third kappa shape index (κ3) is 4.35. The molecule has 84 valence electrons. The van der Waals surface area contributed by atoms with Gasteiger partial charge in [-0.05, 0) is 25.5 Å². The number of aromatic nitrogens is 2. The highest BCUT2D eigenvalue weighted by Crippen LogP contribution is 1.96. The van der Waals surface area contributed by atoms with Crippen molar-refractivity contribution in [2.24, 2.45) is 0 Å². The third-order valence-electron chi connectivity index (χ3n) is 1.80. The standard InChI is InChI=1S/C9H15N3O2S/c1-3-6-15(13,14)10-7-9-5-4-8(2)11-12-9/h4-5,10H,3,6-7H2,1-2H3. The van der Waals surface area contributed by atoms with Crippen LogP contribution < -0.4 is 4.72 Å². The zero-order valence-corrected chi connectivity index (χ0v) is 9.71. The molecule has 0 aliphatic rings. The van der Waals surface area contributed by atoms with E-state index in [9.17, 15) is 8.42 Å². The first-order valence-electron chi connectivity index (χ1n) is 4.80. The first-order valence-corrected chi connectivity index (χ1v) is 6.45. The SMILES string of the molecule is CCCS(=O)(=O)NCc1ccc(C)nn1. The number of rotatable bonds is 5. The van der Waals surface area contributed by atoms with Crippen LogP contribution in [0.2, 0.25) is 0 Å². The molecule has 15 heavy (non-hydrogen) atoms. The molecule has 0 bridgehead atoms. The van der Waals surface area contributed by atoms with Crippen molar-refractivity contribution < 1.29 is 8.42 Å². The summed E-state index contributed by atoms with van der Waals surface area (Å²) in [5.74, 6) is 0.145. The number of aryl methyl sites for hydroxylation is 1. The first kappa shape index (κ1) is 12.1. The normalized spacial score (nSPS) is 11.6. The lowest BCUT2D eigenvalue weighted by Gasteiger charge is -2.04. The summed E-state index contributed by atoms with van der Waals surface area (Å²) in [5.41, 5.74) is 1.44. The Morgan fingerprint density at radius 2 is 2.07 bits per heavy atom. The van der Waals surface area contributed by atoms with Gasteiger partial charge in [-0.25, -0.2) is 13.1 Å². The fourth-order valence-corrected chi connectivity index (χ4v) is 2.10. The highest BCUT2D eigenvalue weighted by atomic mass is 32.2. The molecule has 6 heteroatoms. The maximum atomic E-state index is 11.3. The second-order valence-electron chi connectivity index (χ2n) is 3.31. The Bertz CT molecular complexity index is 400. The number of sulfonamides is 1. The quantitative estimate of drug-likeness (QED) is 0.803. The molecule has 0 spiro atoms. The van der Waals surface area contributed by atoms with Crippen LogP contribution in [0.5, 0.6) is 0 Å². The molecule has 0 aliphatic heterocycles. The average molecular weight is 229 g/mol. The largest absolute Gasteiger partial charge is 0.212 e. The summed E-state index contributed by atoms with van der Waals surface area (Å²) >= 11 is 0. The van der Waals surface area contributed by atoms with Crippen molar-refractivity contribution in [1.82, 2.24) is 14.9 Å². The fourth-order valence-electron chi connectivity index (χ4n) is 1.05. The summed E-state index contributed by atoms with van der Waals surface area (Å²) in [6, 6.07) is 3.56. The summed E-state index contributed by atoms with van der Waals surface area (Å²) in [6.45, 7) is 3.86. The van der Waals surface area contributed by atoms with Crippen molar-refractivity contribution in [1.29, 1.82) is 0 Å². The summed E-state index contributed by atoms with van der Waals surface area (Å²) in [6.07, 6.45) is 0.606. The minimum atomic E-state index is -3.16. The molecule has 1 aromatic rings. The lowest BCUT2D eigenvalue weighted by Crippen LogP contribution is -2.26. The summed E-state index contributed by atoms with van der Waals surface area (Å²) in [7, 11) is -3.16. The molecule has 0 aromatic carbocycles. The Hall–Kier alpha value is -1.01. The molecule has 0 radical (unpaired) electrons. The smallest absolute Gasteiger partial charge is 0.211 e. The highest BCUT2D eigenvalue weighted by Gasteiger charge is 2.08. The van der Waals surface area contributed by atoms with Crippen LogP contribution >= 0.6 is 0 Å². The van der Waals surface area contributed by atoms with Gasteiger partial charge in [-0.3, -0.25) is 0 Å². The molecule has 1 aromatic heterocycles. The van der Waals surface area contributed by atoms with Gasteiger partial charge in [0.25, 0.3) is 0 Å². The van der Waals surface area contributed by atoms with Gasteiger partial charge in [0.05, 0.1) is 23.7 Å². The number of nitrogens with one attached hydrogen (secondary N) is 1. The van der Waals surface area contributed by atoms with Crippen molar-refractivity contribution in [2.75, 3.05) is 5.75 Å². The molecule has 5 nitrogen and oxygen atoms in total. The van der Waals surface area contributed by atoms with E-state index in [0.717, 1.165) is 5.69 Å². The lowest BCUT2D eigenvalue weighted by molar-refractivity contribution is 0.578. The monoisotopic (exact) mass is 229 g/mol. The van der Waals surface area contributed by atoms with Gasteiger partial charge >= 0.3 is 0 Å². The second kappa shape index (κ2) is 5.18. The van der Waals surface area contributed by atoms with Gasteiger partial charge < -0.3 is 0 Å². The predicted molar refractivity (Wildman–Crippen MR) is 57.7 cm³/mol. The number of nitrogens with zero attached hydrogens (tertiary/aromatic N) is 2. The summed E-state index contributed by atoms with van der Waals surface area (Å²) < 4.78 is 25.1. The fraction of sp³-hybridized carbons (Fsp3) is 0.556. The van der Waals surface area contributed by atoms with Crippen molar-refractivity contribution in [2.45, 2.75) is 26.8 Å². The van der Waals surface area contributed by atoms with Gasteiger partial charge in [-0.2, -0.15) is 10.2 Å². The Kier molecular flexibility index (Phi) is 4.16. The minimum absolute atomic E-state index is 0.145. The van der Waals surface area contributed by atoms with Crippen LogP contribution in [0.1, 0.15) is 24.7 Å². The molecule has 1 heterocycles. The predicted octanol–water partition coefficient (Wildman–Crippen LogP) is 0.614. The molecule has 0 fully saturated rings. The molecule has 0 aliphatic carbocycles. The molecule has 1 rings (SSSR count). The van der Waals surface area contributed by atoms with E-state index in [2.05, 4.69) is 14.9 Å². The van der Waals surface area contributed by atoms with E-state index in [4.69, 9.17) is 0 Å². The van der Waals surface area contributed by atoms with Crippen molar-refractivity contribution >= 4 is 10.0 Å². The van der Waals surface area contributed by atoms with E-state index in [-0.39, 0.29) is 12.3 Å². The maximum absolute atomic E-state index is 11.3. The van der Waals surface area contributed by atoms with E-state index >= 15 is 0 Å². The van der Waals surface area contributed by atoms with Gasteiger partial charge in [0.15, 0.2) is 0 Å². The zero-order valence-electron chi connectivity index (χ0n) is 8.90. The van der Waals surface area contributed by atoms with Crippen LogP contribution in [0.15, 0.2) is 12.1 Å². The van der Waals surface area contributed by atoms with E-state index in [0.29, 0.717) is 12.1 Å². The van der Waals surface area contributed by atoms with Crippen molar-refractivity contribution in [3.8, 4) is 0 Å².